The van der Waals surface area contributed by atoms with Crippen LogP contribution in [0.25, 0.3) is 0 Å². The highest BCUT2D eigenvalue weighted by molar-refractivity contribution is 9.10. The number of carbonyl (C=O) groups is 1. The molecule has 2 rings (SSSR count). The van der Waals surface area contributed by atoms with Gasteiger partial charge in [0.05, 0.1) is 15.1 Å². The van der Waals surface area contributed by atoms with Crippen LogP contribution in [0.3, 0.4) is 0 Å². The molecule has 0 aromatic heterocycles. The Bertz CT molecular complexity index is 748. The molecule has 0 aliphatic rings. The third-order valence-electron chi connectivity index (χ3n) is 2.79. The molecule has 6 heteroatoms. The first-order valence-electron chi connectivity index (χ1n) is 6.48. The molecule has 0 unspecified atom stereocenters. The Morgan fingerprint density at radius 3 is 2.78 bits per heavy atom. The SMILES string of the molecule is C#CCOC(=O)c1cc(Cl)c(OCc2cccc(F)c2)c(Br)c1. The molecule has 3 nitrogen and oxygen atoms in total. The highest BCUT2D eigenvalue weighted by Gasteiger charge is 2.15. The molecule has 0 fully saturated rings. The summed E-state index contributed by atoms with van der Waals surface area (Å²) in [6, 6.07) is 8.99. The topological polar surface area (TPSA) is 35.5 Å². The second kappa shape index (κ2) is 8.00. The van der Waals surface area contributed by atoms with Crippen molar-refractivity contribution in [3.8, 4) is 18.1 Å². The van der Waals surface area contributed by atoms with Crippen LogP contribution >= 0.6 is 27.5 Å². The highest BCUT2D eigenvalue weighted by atomic mass is 79.9. The van der Waals surface area contributed by atoms with Gasteiger partial charge in [-0.15, -0.1) is 6.42 Å². The van der Waals surface area contributed by atoms with Crippen molar-refractivity contribution in [1.29, 1.82) is 0 Å². The van der Waals surface area contributed by atoms with E-state index in [0.29, 0.717) is 15.8 Å². The van der Waals surface area contributed by atoms with Crippen LogP contribution in [0.4, 0.5) is 4.39 Å². The lowest BCUT2D eigenvalue weighted by molar-refractivity contribution is 0.0556. The van der Waals surface area contributed by atoms with E-state index in [1.165, 1.54) is 24.3 Å². The summed E-state index contributed by atoms with van der Waals surface area (Å²) in [6.07, 6.45) is 5.04. The van der Waals surface area contributed by atoms with Crippen LogP contribution < -0.4 is 4.74 Å². The van der Waals surface area contributed by atoms with E-state index in [9.17, 15) is 9.18 Å². The molecule has 2 aromatic carbocycles. The number of carbonyl (C=O) groups excluding carboxylic acids is 1. The van der Waals surface area contributed by atoms with Crippen LogP contribution in [0.2, 0.25) is 5.02 Å². The first kappa shape index (κ1) is 17.3. The molecule has 2 aromatic rings. The van der Waals surface area contributed by atoms with Gasteiger partial charge in [-0.1, -0.05) is 29.7 Å². The minimum Gasteiger partial charge on any atom is -0.486 e. The predicted molar refractivity (Wildman–Crippen MR) is 89.0 cm³/mol. The van der Waals surface area contributed by atoms with Gasteiger partial charge >= 0.3 is 5.97 Å². The fourth-order valence-corrected chi connectivity index (χ4v) is 2.75. The van der Waals surface area contributed by atoms with Crippen LogP contribution in [0.1, 0.15) is 15.9 Å². The van der Waals surface area contributed by atoms with Crippen molar-refractivity contribution in [2.24, 2.45) is 0 Å². The molecule has 0 bridgehead atoms. The van der Waals surface area contributed by atoms with Crippen molar-refractivity contribution in [2.45, 2.75) is 6.61 Å². The van der Waals surface area contributed by atoms with E-state index in [4.69, 9.17) is 27.5 Å². The lowest BCUT2D eigenvalue weighted by Crippen LogP contribution is -2.06. The Morgan fingerprint density at radius 1 is 1.35 bits per heavy atom. The average molecular weight is 398 g/mol. The number of terminal acetylenes is 1. The van der Waals surface area contributed by atoms with Crippen molar-refractivity contribution in [3.05, 3.63) is 62.8 Å². The molecular weight excluding hydrogens is 387 g/mol. The Balaban J connectivity index is 2.14. The van der Waals surface area contributed by atoms with Crippen LogP contribution in [-0.4, -0.2) is 12.6 Å². The number of rotatable bonds is 5. The van der Waals surface area contributed by atoms with Crippen LogP contribution in [-0.2, 0) is 11.3 Å². The molecule has 0 saturated heterocycles. The maximum Gasteiger partial charge on any atom is 0.339 e. The maximum atomic E-state index is 13.1. The van der Waals surface area contributed by atoms with Crippen molar-refractivity contribution in [1.82, 2.24) is 0 Å². The molecule has 0 amide bonds. The van der Waals surface area contributed by atoms with E-state index in [0.717, 1.165) is 0 Å². The summed E-state index contributed by atoms with van der Waals surface area (Å²) in [6.45, 7) is 0.0167. The lowest BCUT2D eigenvalue weighted by atomic mass is 10.2. The summed E-state index contributed by atoms with van der Waals surface area (Å²) < 4.78 is 24.0. The Labute approximate surface area is 146 Å². The van der Waals surface area contributed by atoms with Gasteiger partial charge in [0.2, 0.25) is 0 Å². The van der Waals surface area contributed by atoms with Gasteiger partial charge in [0, 0.05) is 0 Å². The Kier molecular flexibility index (Phi) is 6.03. The number of ether oxygens (including phenoxy) is 2. The largest absolute Gasteiger partial charge is 0.486 e. The predicted octanol–water partition coefficient (Wildman–Crippen LogP) is 4.61. The van der Waals surface area contributed by atoms with Gasteiger partial charge in [0.15, 0.2) is 12.4 Å². The summed E-state index contributed by atoms with van der Waals surface area (Å²) >= 11 is 9.42. The normalized spacial score (nSPS) is 10.0. The van der Waals surface area contributed by atoms with Gasteiger partial charge in [-0.3, -0.25) is 0 Å². The van der Waals surface area contributed by atoms with Crippen molar-refractivity contribution in [3.63, 3.8) is 0 Å². The zero-order valence-electron chi connectivity index (χ0n) is 11.8. The number of hydrogen-bond donors (Lipinski definition) is 0. The molecule has 0 saturated carbocycles. The van der Waals surface area contributed by atoms with E-state index in [1.807, 2.05) is 0 Å². The molecule has 0 atom stereocenters. The molecule has 0 N–H and O–H groups in total. The number of hydrogen-bond acceptors (Lipinski definition) is 3. The van der Waals surface area contributed by atoms with Gasteiger partial charge in [0.1, 0.15) is 12.4 Å². The van der Waals surface area contributed by atoms with Crippen molar-refractivity contribution < 1.29 is 18.7 Å². The van der Waals surface area contributed by atoms with Gasteiger partial charge in [-0.25, -0.2) is 9.18 Å². The Hall–Kier alpha value is -2.03. The molecule has 118 valence electrons. The number of benzene rings is 2. The van der Waals surface area contributed by atoms with E-state index >= 15 is 0 Å². The molecular formula is C17H11BrClFO3. The van der Waals surface area contributed by atoms with E-state index in [2.05, 4.69) is 21.9 Å². The molecule has 0 aliphatic heterocycles. The van der Waals surface area contributed by atoms with Crippen LogP contribution in [0.5, 0.6) is 5.75 Å². The summed E-state index contributed by atoms with van der Waals surface area (Å²) in [7, 11) is 0. The molecule has 0 aliphatic carbocycles. The lowest BCUT2D eigenvalue weighted by Gasteiger charge is -2.12. The number of halogens is 3. The van der Waals surface area contributed by atoms with Crippen molar-refractivity contribution in [2.75, 3.05) is 6.61 Å². The summed E-state index contributed by atoms with van der Waals surface area (Å²) in [5.74, 6) is 1.63. The first-order chi connectivity index (χ1) is 11.0. The van der Waals surface area contributed by atoms with E-state index in [-0.39, 0.29) is 29.6 Å². The molecule has 23 heavy (non-hydrogen) atoms. The summed E-state index contributed by atoms with van der Waals surface area (Å²) in [5, 5.41) is 0.225. The first-order valence-corrected chi connectivity index (χ1v) is 7.65. The monoisotopic (exact) mass is 396 g/mol. The van der Waals surface area contributed by atoms with Crippen LogP contribution in [0.15, 0.2) is 40.9 Å². The minimum absolute atomic E-state index is 0.119. The van der Waals surface area contributed by atoms with Crippen molar-refractivity contribution >= 4 is 33.5 Å². The second-order valence-corrected chi connectivity index (χ2v) is 5.73. The fourth-order valence-electron chi connectivity index (χ4n) is 1.79. The fraction of sp³-hybridized carbons (Fsp3) is 0.118. The highest BCUT2D eigenvalue weighted by Crippen LogP contribution is 2.35. The minimum atomic E-state index is -0.581. The summed E-state index contributed by atoms with van der Waals surface area (Å²) in [5.41, 5.74) is 0.903. The second-order valence-electron chi connectivity index (χ2n) is 4.47. The van der Waals surface area contributed by atoms with E-state index < -0.39 is 5.97 Å². The third kappa shape index (κ3) is 4.72. The average Bonchev–Trinajstić information content (AvgIpc) is 2.51. The molecule has 0 heterocycles. The third-order valence-corrected chi connectivity index (χ3v) is 3.66. The quantitative estimate of drug-likeness (QED) is 0.546. The molecule has 0 radical (unpaired) electrons. The van der Waals surface area contributed by atoms with Gasteiger partial charge in [0.25, 0.3) is 0 Å². The number of esters is 1. The zero-order chi connectivity index (χ0) is 16.8. The van der Waals surface area contributed by atoms with Crippen LogP contribution in [0, 0.1) is 18.2 Å². The molecule has 0 spiro atoms. The zero-order valence-corrected chi connectivity index (χ0v) is 14.2. The van der Waals surface area contributed by atoms with Gasteiger partial charge < -0.3 is 9.47 Å². The Morgan fingerprint density at radius 2 is 2.13 bits per heavy atom. The standard InChI is InChI=1S/C17H11BrClFO3/c1-2-6-22-17(21)12-8-14(18)16(15(19)9-12)23-10-11-4-3-5-13(20)7-11/h1,3-5,7-9H,6,10H2. The smallest absolute Gasteiger partial charge is 0.339 e. The van der Waals surface area contributed by atoms with Gasteiger partial charge in [-0.05, 0) is 45.8 Å². The van der Waals surface area contributed by atoms with Gasteiger partial charge in [-0.2, -0.15) is 0 Å². The maximum absolute atomic E-state index is 13.1. The summed E-state index contributed by atoms with van der Waals surface area (Å²) in [4.78, 5) is 11.8. The van der Waals surface area contributed by atoms with E-state index in [1.54, 1.807) is 12.1 Å².